The SMILES string of the molecule is COC([CH2][Hg])CNS(=O)(=O)c1cccs1. The van der Waals surface area contributed by atoms with E-state index in [1.54, 1.807) is 24.6 Å². The van der Waals surface area contributed by atoms with Gasteiger partial charge in [-0.3, -0.25) is 0 Å². The Labute approximate surface area is 110 Å². The third kappa shape index (κ3) is 4.11. The van der Waals surface area contributed by atoms with Crippen LogP contribution in [-0.2, 0) is 40.9 Å². The Morgan fingerprint density at radius 1 is 1.67 bits per heavy atom. The van der Waals surface area contributed by atoms with Crippen LogP contribution < -0.4 is 4.72 Å². The van der Waals surface area contributed by atoms with E-state index >= 15 is 0 Å². The van der Waals surface area contributed by atoms with Crippen LogP contribution in [0.25, 0.3) is 0 Å². The molecule has 1 heterocycles. The van der Waals surface area contributed by atoms with Crippen molar-refractivity contribution in [3.05, 3.63) is 17.5 Å². The topological polar surface area (TPSA) is 55.4 Å². The second-order valence-corrected chi connectivity index (χ2v) is 8.12. The molecule has 7 heteroatoms. The average molecular weight is 435 g/mol. The van der Waals surface area contributed by atoms with Gasteiger partial charge in [-0.25, -0.2) is 0 Å². The molecule has 0 aliphatic carbocycles. The summed E-state index contributed by atoms with van der Waals surface area (Å²) < 4.78 is 32.4. The molecule has 15 heavy (non-hydrogen) atoms. The number of nitrogens with one attached hydrogen (secondary N) is 1. The molecule has 1 rings (SSSR count). The van der Waals surface area contributed by atoms with Gasteiger partial charge in [-0.15, -0.1) is 0 Å². The molecule has 0 radical (unpaired) electrons. The molecule has 0 bridgehead atoms. The molecular formula is C8H12HgNO3S2. The van der Waals surface area contributed by atoms with Crippen molar-refractivity contribution in [3.63, 3.8) is 0 Å². The van der Waals surface area contributed by atoms with Crippen molar-refractivity contribution in [2.24, 2.45) is 0 Å². The Morgan fingerprint density at radius 2 is 2.40 bits per heavy atom. The summed E-state index contributed by atoms with van der Waals surface area (Å²) >= 11 is 1.84. The molecule has 1 atom stereocenters. The molecule has 1 aromatic rings. The number of methoxy groups -OCH3 is 1. The third-order valence-electron chi connectivity index (χ3n) is 1.92. The minimum absolute atomic E-state index is 0.0167. The van der Waals surface area contributed by atoms with E-state index in [9.17, 15) is 8.42 Å². The monoisotopic (exact) mass is 436 g/mol. The Bertz CT molecular complexity index is 373. The van der Waals surface area contributed by atoms with E-state index < -0.39 is 10.0 Å². The van der Waals surface area contributed by atoms with Crippen LogP contribution in [0.1, 0.15) is 0 Å². The maximum atomic E-state index is 11.7. The van der Waals surface area contributed by atoms with Crippen molar-refractivity contribution in [1.29, 1.82) is 0 Å². The zero-order valence-electron chi connectivity index (χ0n) is 8.47. The Balaban J connectivity index is 2.59. The van der Waals surface area contributed by atoms with Crippen molar-refractivity contribution in [2.45, 2.75) is 14.2 Å². The fourth-order valence-electron chi connectivity index (χ4n) is 0.993. The average Bonchev–Trinajstić information content (AvgIpc) is 2.72. The van der Waals surface area contributed by atoms with Crippen LogP contribution in [0.2, 0.25) is 3.93 Å². The van der Waals surface area contributed by atoms with Gasteiger partial charge in [0.1, 0.15) is 0 Å². The van der Waals surface area contributed by atoms with E-state index in [4.69, 9.17) is 4.74 Å². The molecule has 0 aliphatic rings. The van der Waals surface area contributed by atoms with Crippen molar-refractivity contribution in [3.8, 4) is 0 Å². The number of sulfonamides is 1. The first-order chi connectivity index (χ1) is 7.10. The van der Waals surface area contributed by atoms with Crippen LogP contribution in [-0.4, -0.2) is 28.2 Å². The van der Waals surface area contributed by atoms with Crippen LogP contribution >= 0.6 is 11.3 Å². The number of hydrogen-bond donors (Lipinski definition) is 1. The van der Waals surface area contributed by atoms with Crippen LogP contribution in [0.4, 0.5) is 0 Å². The molecule has 1 N–H and O–H groups in total. The van der Waals surface area contributed by atoms with E-state index in [-0.39, 0.29) is 6.10 Å². The van der Waals surface area contributed by atoms with Gasteiger partial charge in [0.25, 0.3) is 0 Å². The minimum atomic E-state index is -3.32. The van der Waals surface area contributed by atoms with Gasteiger partial charge in [0, 0.05) is 0 Å². The number of thiophene rings is 1. The fraction of sp³-hybridized carbons (Fsp3) is 0.500. The Hall–Kier alpha value is 0.505. The van der Waals surface area contributed by atoms with Crippen LogP contribution in [0.5, 0.6) is 0 Å². The third-order valence-corrected chi connectivity index (χ3v) is 7.24. The summed E-state index contributed by atoms with van der Waals surface area (Å²) in [6, 6.07) is 3.32. The summed E-state index contributed by atoms with van der Waals surface area (Å²) in [6.07, 6.45) is 0.0167. The van der Waals surface area contributed by atoms with Crippen LogP contribution in [0.15, 0.2) is 21.7 Å². The summed E-state index contributed by atoms with van der Waals surface area (Å²) in [5.74, 6) is 0. The van der Waals surface area contributed by atoms with Crippen molar-refractivity contribution in [1.82, 2.24) is 4.72 Å². The van der Waals surface area contributed by atoms with Gasteiger partial charge in [-0.2, -0.15) is 0 Å². The summed E-state index contributed by atoms with van der Waals surface area (Å²) in [6.45, 7) is 0.361. The van der Waals surface area contributed by atoms with E-state index in [1.165, 1.54) is 11.3 Å². The molecule has 0 aromatic carbocycles. The number of rotatable bonds is 6. The van der Waals surface area contributed by atoms with Crippen molar-refractivity contribution >= 4 is 21.4 Å². The Morgan fingerprint density at radius 3 is 2.87 bits per heavy atom. The molecule has 0 spiro atoms. The zero-order valence-corrected chi connectivity index (χ0v) is 15.6. The van der Waals surface area contributed by atoms with E-state index in [2.05, 4.69) is 4.72 Å². The molecule has 4 nitrogen and oxygen atoms in total. The first-order valence-corrected chi connectivity index (χ1v) is 10.7. The predicted molar refractivity (Wildman–Crippen MR) is 55.1 cm³/mol. The fourth-order valence-corrected chi connectivity index (χ4v) is 4.81. The quantitative estimate of drug-likeness (QED) is 0.680. The van der Waals surface area contributed by atoms with E-state index in [0.717, 1.165) is 3.93 Å². The molecular weight excluding hydrogens is 423 g/mol. The molecule has 81 valence electrons. The molecule has 0 fully saturated rings. The summed E-state index contributed by atoms with van der Waals surface area (Å²) in [5, 5.41) is 1.75. The van der Waals surface area contributed by atoms with Gasteiger partial charge in [0.05, 0.1) is 0 Å². The van der Waals surface area contributed by atoms with Gasteiger partial charge in [0.15, 0.2) is 0 Å². The second kappa shape index (κ2) is 6.29. The Kier molecular flexibility index (Phi) is 5.69. The van der Waals surface area contributed by atoms with Gasteiger partial charge < -0.3 is 0 Å². The molecule has 0 saturated carbocycles. The molecule has 1 aromatic heterocycles. The normalized spacial score (nSPS) is 14.1. The van der Waals surface area contributed by atoms with Gasteiger partial charge >= 0.3 is 111 Å². The first kappa shape index (κ1) is 13.6. The summed E-state index contributed by atoms with van der Waals surface area (Å²) in [7, 11) is -1.71. The summed E-state index contributed by atoms with van der Waals surface area (Å²) in [4.78, 5) is 0. The van der Waals surface area contributed by atoms with Crippen LogP contribution in [0.3, 0.4) is 0 Å². The standard InChI is InChI=1S/C8H12NO3S2.Hg/c1-7(12-2)6-9-14(10,11)8-4-3-5-13-8;/h3-5,7,9H,1,6H2,2H3;. The second-order valence-electron chi connectivity index (χ2n) is 2.93. The van der Waals surface area contributed by atoms with Crippen LogP contribution in [0, 0.1) is 0 Å². The van der Waals surface area contributed by atoms with Gasteiger partial charge in [-0.05, 0) is 0 Å². The van der Waals surface area contributed by atoms with Crippen molar-refractivity contribution in [2.75, 3.05) is 13.7 Å². The first-order valence-electron chi connectivity index (χ1n) is 4.45. The zero-order chi connectivity index (χ0) is 11.3. The maximum absolute atomic E-state index is 11.7. The van der Waals surface area contributed by atoms with Gasteiger partial charge in [0.2, 0.25) is 0 Å². The number of ether oxygens (including phenoxy) is 1. The van der Waals surface area contributed by atoms with Crippen molar-refractivity contribution < 1.29 is 39.3 Å². The molecule has 0 aliphatic heterocycles. The molecule has 1 unspecified atom stereocenters. The molecule has 0 amide bonds. The van der Waals surface area contributed by atoms with E-state index in [1.807, 2.05) is 0 Å². The van der Waals surface area contributed by atoms with E-state index in [0.29, 0.717) is 36.9 Å². The van der Waals surface area contributed by atoms with Gasteiger partial charge in [-0.1, -0.05) is 0 Å². The molecule has 0 saturated heterocycles. The predicted octanol–water partition coefficient (Wildman–Crippen LogP) is 1.01. The summed E-state index contributed by atoms with van der Waals surface area (Å²) in [5.41, 5.74) is 0. The number of hydrogen-bond acceptors (Lipinski definition) is 4.